The van der Waals surface area contributed by atoms with Crippen molar-refractivity contribution in [3.05, 3.63) is 53.3 Å². The van der Waals surface area contributed by atoms with Crippen LogP contribution in [0.5, 0.6) is 0 Å². The van der Waals surface area contributed by atoms with Crippen LogP contribution >= 0.6 is 11.6 Å². The van der Waals surface area contributed by atoms with Gasteiger partial charge in [-0.3, -0.25) is 4.98 Å². The summed E-state index contributed by atoms with van der Waals surface area (Å²) in [6, 6.07) is 11.3. The predicted octanol–water partition coefficient (Wildman–Crippen LogP) is 2.72. The molecule has 0 saturated carbocycles. The molecule has 2 aromatic heterocycles. The minimum Gasteiger partial charge on any atom is -0.369 e. The van der Waals surface area contributed by atoms with Crippen LogP contribution in [0.25, 0.3) is 11.0 Å². The number of hydrogen-bond acceptors (Lipinski definition) is 3. The van der Waals surface area contributed by atoms with Crippen LogP contribution in [-0.4, -0.2) is 14.5 Å². The van der Waals surface area contributed by atoms with E-state index in [0.29, 0.717) is 17.5 Å². The molecule has 0 aliphatic rings. The number of pyridine rings is 1. The first-order valence-electron chi connectivity index (χ1n) is 5.55. The summed E-state index contributed by atoms with van der Waals surface area (Å²) < 4.78 is 1.91. The monoisotopic (exact) mass is 258 g/mol. The summed E-state index contributed by atoms with van der Waals surface area (Å²) in [5.74, 6) is 0.470. The number of nitrogen functional groups attached to an aromatic ring is 1. The molecule has 0 fully saturated rings. The lowest BCUT2D eigenvalue weighted by Gasteiger charge is -2.05. The van der Waals surface area contributed by atoms with Crippen LogP contribution in [0.2, 0.25) is 5.02 Å². The molecule has 0 bridgehead atoms. The van der Waals surface area contributed by atoms with Crippen LogP contribution in [0.3, 0.4) is 0 Å². The molecular weight excluding hydrogens is 248 g/mol. The second kappa shape index (κ2) is 4.31. The summed E-state index contributed by atoms with van der Waals surface area (Å²) in [6.07, 6.45) is 1.76. The molecule has 0 spiro atoms. The number of aromatic nitrogens is 3. The zero-order valence-corrected chi connectivity index (χ0v) is 10.3. The minimum absolute atomic E-state index is 0.470. The van der Waals surface area contributed by atoms with Crippen molar-refractivity contribution >= 4 is 28.6 Å². The third-order valence-corrected chi connectivity index (χ3v) is 3.02. The number of hydrogen-bond donors (Lipinski definition) is 1. The maximum atomic E-state index is 6.01. The average molecular weight is 259 g/mol. The van der Waals surface area contributed by atoms with E-state index in [9.17, 15) is 0 Å². The molecule has 0 amide bonds. The number of halogens is 1. The highest BCUT2D eigenvalue weighted by Gasteiger charge is 2.09. The van der Waals surface area contributed by atoms with Gasteiger partial charge in [-0.05, 0) is 30.3 Å². The van der Waals surface area contributed by atoms with Gasteiger partial charge in [-0.15, -0.1) is 0 Å². The Hall–Kier alpha value is -2.07. The summed E-state index contributed by atoms with van der Waals surface area (Å²) >= 11 is 6.01. The minimum atomic E-state index is 0.470. The van der Waals surface area contributed by atoms with Crippen LogP contribution in [0, 0.1) is 0 Å². The fourth-order valence-electron chi connectivity index (χ4n) is 1.93. The molecule has 4 nitrogen and oxygen atoms in total. The van der Waals surface area contributed by atoms with E-state index in [1.807, 2.05) is 34.9 Å². The van der Waals surface area contributed by atoms with E-state index in [2.05, 4.69) is 9.97 Å². The quantitative estimate of drug-likeness (QED) is 0.769. The van der Waals surface area contributed by atoms with Crippen LogP contribution in [-0.2, 0) is 6.54 Å². The molecule has 90 valence electrons. The van der Waals surface area contributed by atoms with E-state index < -0.39 is 0 Å². The molecule has 18 heavy (non-hydrogen) atoms. The normalized spacial score (nSPS) is 10.9. The lowest BCUT2D eigenvalue weighted by atomic mass is 10.3. The molecule has 3 rings (SSSR count). The van der Waals surface area contributed by atoms with Gasteiger partial charge in [0.1, 0.15) is 0 Å². The van der Waals surface area contributed by atoms with Gasteiger partial charge >= 0.3 is 0 Å². The maximum Gasteiger partial charge on any atom is 0.201 e. The summed E-state index contributed by atoms with van der Waals surface area (Å²) in [6.45, 7) is 0.587. The number of anilines is 1. The summed E-state index contributed by atoms with van der Waals surface area (Å²) in [5.41, 5.74) is 8.63. The number of imidazole rings is 1. The van der Waals surface area contributed by atoms with E-state index in [4.69, 9.17) is 17.3 Å². The highest BCUT2D eigenvalue weighted by atomic mass is 35.5. The molecule has 0 saturated heterocycles. The van der Waals surface area contributed by atoms with Gasteiger partial charge in [-0.2, -0.15) is 0 Å². The van der Waals surface area contributed by atoms with Crippen molar-refractivity contribution in [2.75, 3.05) is 5.73 Å². The Balaban J connectivity index is 2.11. The first-order chi connectivity index (χ1) is 8.74. The standard InChI is InChI=1S/C13H11ClN4/c14-9-4-5-11-12(7-9)18(13(15)17-11)8-10-3-1-2-6-16-10/h1-7H,8H2,(H2,15,17). The van der Waals surface area contributed by atoms with Gasteiger partial charge in [-0.25, -0.2) is 4.98 Å². The van der Waals surface area contributed by atoms with E-state index in [1.165, 1.54) is 0 Å². The Morgan fingerprint density at radius 3 is 2.89 bits per heavy atom. The number of nitrogens with zero attached hydrogens (tertiary/aromatic N) is 3. The van der Waals surface area contributed by atoms with E-state index in [0.717, 1.165) is 16.7 Å². The van der Waals surface area contributed by atoms with Gasteiger partial charge in [0.05, 0.1) is 23.3 Å². The van der Waals surface area contributed by atoms with E-state index in [-0.39, 0.29) is 0 Å². The summed E-state index contributed by atoms with van der Waals surface area (Å²) in [4.78, 5) is 8.59. The molecular formula is C13H11ClN4. The zero-order chi connectivity index (χ0) is 12.5. The molecule has 0 unspecified atom stereocenters. The molecule has 3 aromatic rings. The first-order valence-corrected chi connectivity index (χ1v) is 5.93. The van der Waals surface area contributed by atoms with Crippen molar-refractivity contribution in [1.29, 1.82) is 0 Å². The van der Waals surface area contributed by atoms with Gasteiger partial charge in [-0.1, -0.05) is 17.7 Å². The topological polar surface area (TPSA) is 56.7 Å². The van der Waals surface area contributed by atoms with E-state index in [1.54, 1.807) is 12.3 Å². The molecule has 0 atom stereocenters. The average Bonchev–Trinajstić information content (AvgIpc) is 2.67. The third-order valence-electron chi connectivity index (χ3n) is 2.79. The fourth-order valence-corrected chi connectivity index (χ4v) is 2.10. The smallest absolute Gasteiger partial charge is 0.201 e. The Bertz CT molecular complexity index is 691. The SMILES string of the molecule is Nc1nc2ccc(Cl)cc2n1Cc1ccccn1. The number of fused-ring (bicyclic) bond motifs is 1. The van der Waals surface area contributed by atoms with E-state index >= 15 is 0 Å². The fraction of sp³-hybridized carbons (Fsp3) is 0.0769. The highest BCUT2D eigenvalue weighted by Crippen LogP contribution is 2.22. The number of nitrogens with two attached hydrogens (primary N) is 1. The molecule has 0 aliphatic heterocycles. The van der Waals surface area contributed by atoms with Gasteiger partial charge in [0, 0.05) is 11.2 Å². The Labute approximate surface area is 109 Å². The second-order valence-corrected chi connectivity index (χ2v) is 4.45. The van der Waals surface area contributed by atoms with Gasteiger partial charge in [0.25, 0.3) is 0 Å². The van der Waals surface area contributed by atoms with Crippen LogP contribution in [0.1, 0.15) is 5.69 Å². The van der Waals surface area contributed by atoms with Gasteiger partial charge in [0.2, 0.25) is 5.95 Å². The largest absolute Gasteiger partial charge is 0.369 e. The van der Waals surface area contributed by atoms with Crippen molar-refractivity contribution in [1.82, 2.24) is 14.5 Å². The second-order valence-electron chi connectivity index (χ2n) is 4.01. The summed E-state index contributed by atoms with van der Waals surface area (Å²) in [5, 5.41) is 0.671. The van der Waals surface area contributed by atoms with Crippen molar-refractivity contribution in [2.24, 2.45) is 0 Å². The Morgan fingerprint density at radius 1 is 1.22 bits per heavy atom. The number of benzene rings is 1. The molecule has 0 radical (unpaired) electrons. The van der Waals surface area contributed by atoms with Crippen molar-refractivity contribution in [2.45, 2.75) is 6.54 Å². The van der Waals surface area contributed by atoms with Crippen LogP contribution in [0.15, 0.2) is 42.6 Å². The van der Waals surface area contributed by atoms with Crippen molar-refractivity contribution in [3.8, 4) is 0 Å². The van der Waals surface area contributed by atoms with Crippen LogP contribution in [0.4, 0.5) is 5.95 Å². The number of rotatable bonds is 2. The molecule has 2 N–H and O–H groups in total. The van der Waals surface area contributed by atoms with Crippen molar-refractivity contribution < 1.29 is 0 Å². The lowest BCUT2D eigenvalue weighted by molar-refractivity contribution is 0.809. The van der Waals surface area contributed by atoms with Gasteiger partial charge < -0.3 is 10.3 Å². The highest BCUT2D eigenvalue weighted by molar-refractivity contribution is 6.31. The van der Waals surface area contributed by atoms with Crippen molar-refractivity contribution in [3.63, 3.8) is 0 Å². The lowest BCUT2D eigenvalue weighted by Crippen LogP contribution is -2.05. The molecule has 1 aromatic carbocycles. The van der Waals surface area contributed by atoms with Gasteiger partial charge in [0.15, 0.2) is 0 Å². The predicted molar refractivity (Wildman–Crippen MR) is 72.5 cm³/mol. The third kappa shape index (κ3) is 1.91. The summed E-state index contributed by atoms with van der Waals surface area (Å²) in [7, 11) is 0. The zero-order valence-electron chi connectivity index (χ0n) is 9.55. The Kier molecular flexibility index (Phi) is 2.64. The van der Waals surface area contributed by atoms with Crippen LogP contribution < -0.4 is 5.73 Å². The first kappa shape index (κ1) is 11.0. The molecule has 2 heterocycles. The Morgan fingerprint density at radius 2 is 2.11 bits per heavy atom. The molecule has 5 heteroatoms. The maximum absolute atomic E-state index is 6.01. The molecule has 0 aliphatic carbocycles.